The van der Waals surface area contributed by atoms with Crippen molar-refractivity contribution in [1.82, 2.24) is 0 Å². The largest absolute Gasteiger partial charge is 0.497 e. The highest BCUT2D eigenvalue weighted by atomic mass is 79.9. The minimum absolute atomic E-state index is 0.00680. The van der Waals surface area contributed by atoms with Gasteiger partial charge in [-0.05, 0) is 34.8 Å². The number of rotatable bonds is 4. The molecule has 0 aliphatic carbocycles. The molecule has 2 rings (SSSR count). The maximum absolute atomic E-state index is 12.6. The Hall–Kier alpha value is -1.07. The van der Waals surface area contributed by atoms with Gasteiger partial charge >= 0.3 is 0 Å². The van der Waals surface area contributed by atoms with E-state index in [-0.39, 0.29) is 11.7 Å². The number of carbonyl (C=O) groups is 1. The molecule has 0 N–H and O–H groups in total. The molecule has 1 aliphatic rings. The van der Waals surface area contributed by atoms with Crippen LogP contribution in [-0.2, 0) is 4.74 Å². The zero-order valence-corrected chi connectivity index (χ0v) is 12.7. The van der Waals surface area contributed by atoms with Gasteiger partial charge in [0, 0.05) is 29.7 Å². The fraction of sp³-hybridized carbons (Fsp3) is 0.500. The number of Topliss-reactive ketones (excluding diaryl/α,β-unsaturated/α-hetero) is 1. The molecule has 4 nitrogen and oxygen atoms in total. The van der Waals surface area contributed by atoms with Crippen LogP contribution in [0.25, 0.3) is 0 Å². The maximum Gasteiger partial charge on any atom is 0.170 e. The fourth-order valence-corrected chi connectivity index (χ4v) is 2.86. The summed E-state index contributed by atoms with van der Waals surface area (Å²) in [4.78, 5) is 12.6. The summed E-state index contributed by atoms with van der Waals surface area (Å²) in [6.45, 7) is 1.29. The molecule has 1 heterocycles. The Morgan fingerprint density at radius 2 is 1.95 bits per heavy atom. The SMILES string of the molecule is COc1cc(Br)c(C(=O)C2CCOCC2)c(OC)c1. The predicted molar refractivity (Wildman–Crippen MR) is 75.1 cm³/mol. The number of ketones is 1. The van der Waals surface area contributed by atoms with Gasteiger partial charge in [0.2, 0.25) is 0 Å². The first-order valence-corrected chi connectivity index (χ1v) is 7.00. The molecular formula is C14H17BrO4. The number of hydrogen-bond donors (Lipinski definition) is 0. The monoisotopic (exact) mass is 328 g/mol. The summed E-state index contributed by atoms with van der Waals surface area (Å²) in [5.74, 6) is 1.32. The highest BCUT2D eigenvalue weighted by molar-refractivity contribution is 9.10. The highest BCUT2D eigenvalue weighted by Crippen LogP contribution is 2.35. The topological polar surface area (TPSA) is 44.8 Å². The van der Waals surface area contributed by atoms with E-state index in [0.29, 0.717) is 34.7 Å². The minimum atomic E-state index is 0.00680. The van der Waals surface area contributed by atoms with Crippen LogP contribution in [0.5, 0.6) is 11.5 Å². The second-order valence-corrected chi connectivity index (χ2v) is 5.29. The number of ether oxygens (including phenoxy) is 3. The summed E-state index contributed by atoms with van der Waals surface area (Å²) in [5.41, 5.74) is 0.593. The second-order valence-electron chi connectivity index (χ2n) is 4.44. The lowest BCUT2D eigenvalue weighted by Gasteiger charge is -2.22. The van der Waals surface area contributed by atoms with Crippen LogP contribution in [0.2, 0.25) is 0 Å². The Balaban J connectivity index is 2.34. The molecule has 0 aromatic heterocycles. The molecule has 1 aromatic carbocycles. The first kappa shape index (κ1) is 14.3. The van der Waals surface area contributed by atoms with E-state index in [4.69, 9.17) is 14.2 Å². The van der Waals surface area contributed by atoms with Crippen LogP contribution in [0.4, 0.5) is 0 Å². The number of benzene rings is 1. The van der Waals surface area contributed by atoms with E-state index in [1.807, 2.05) is 0 Å². The van der Waals surface area contributed by atoms with Crippen molar-refractivity contribution in [2.24, 2.45) is 5.92 Å². The van der Waals surface area contributed by atoms with E-state index >= 15 is 0 Å². The zero-order chi connectivity index (χ0) is 13.8. The summed E-state index contributed by atoms with van der Waals surface area (Å²) in [6.07, 6.45) is 1.53. The molecule has 0 amide bonds. The highest BCUT2D eigenvalue weighted by Gasteiger charge is 2.27. The molecule has 5 heteroatoms. The van der Waals surface area contributed by atoms with Crippen molar-refractivity contribution in [3.8, 4) is 11.5 Å². The van der Waals surface area contributed by atoms with Gasteiger partial charge in [0.1, 0.15) is 11.5 Å². The van der Waals surface area contributed by atoms with Crippen LogP contribution in [0, 0.1) is 5.92 Å². The standard InChI is InChI=1S/C14H17BrO4/c1-17-10-7-11(15)13(12(8-10)18-2)14(16)9-3-5-19-6-4-9/h7-9H,3-6H2,1-2H3. The normalized spacial score (nSPS) is 16.2. The van der Waals surface area contributed by atoms with Gasteiger partial charge in [-0.3, -0.25) is 4.79 Å². The fourth-order valence-electron chi connectivity index (χ4n) is 2.24. The van der Waals surface area contributed by atoms with E-state index in [2.05, 4.69) is 15.9 Å². The molecular weight excluding hydrogens is 312 g/mol. The molecule has 0 atom stereocenters. The molecule has 1 saturated heterocycles. The Morgan fingerprint density at radius 1 is 1.26 bits per heavy atom. The maximum atomic E-state index is 12.6. The number of carbonyl (C=O) groups excluding carboxylic acids is 1. The van der Waals surface area contributed by atoms with Gasteiger partial charge in [0.15, 0.2) is 5.78 Å². The van der Waals surface area contributed by atoms with Crippen LogP contribution in [0.3, 0.4) is 0 Å². The van der Waals surface area contributed by atoms with Gasteiger partial charge in [0.25, 0.3) is 0 Å². The first-order valence-electron chi connectivity index (χ1n) is 6.21. The Morgan fingerprint density at radius 3 is 2.53 bits per heavy atom. The third-order valence-corrected chi connectivity index (χ3v) is 3.95. The zero-order valence-electron chi connectivity index (χ0n) is 11.1. The van der Waals surface area contributed by atoms with Crippen molar-refractivity contribution in [2.45, 2.75) is 12.8 Å². The van der Waals surface area contributed by atoms with Gasteiger partial charge in [-0.2, -0.15) is 0 Å². The van der Waals surface area contributed by atoms with Gasteiger partial charge in [-0.1, -0.05) is 0 Å². The van der Waals surface area contributed by atoms with Gasteiger partial charge in [-0.15, -0.1) is 0 Å². The van der Waals surface area contributed by atoms with Crippen LogP contribution >= 0.6 is 15.9 Å². The average molecular weight is 329 g/mol. The summed E-state index contributed by atoms with van der Waals surface area (Å²) in [6, 6.07) is 3.52. The smallest absolute Gasteiger partial charge is 0.170 e. The van der Waals surface area contributed by atoms with Gasteiger partial charge in [-0.25, -0.2) is 0 Å². The molecule has 0 spiro atoms. The summed E-state index contributed by atoms with van der Waals surface area (Å²) < 4.78 is 16.5. The Kier molecular flexibility index (Phi) is 4.82. The summed E-state index contributed by atoms with van der Waals surface area (Å²) in [5, 5.41) is 0. The van der Waals surface area contributed by atoms with E-state index in [0.717, 1.165) is 12.8 Å². The van der Waals surface area contributed by atoms with Crippen LogP contribution in [0.1, 0.15) is 23.2 Å². The van der Waals surface area contributed by atoms with Crippen molar-refractivity contribution < 1.29 is 19.0 Å². The van der Waals surface area contributed by atoms with Crippen molar-refractivity contribution in [3.05, 3.63) is 22.2 Å². The average Bonchev–Trinajstić information content (AvgIpc) is 2.46. The lowest BCUT2D eigenvalue weighted by atomic mass is 9.90. The molecule has 0 bridgehead atoms. The van der Waals surface area contributed by atoms with Crippen LogP contribution in [-0.4, -0.2) is 33.2 Å². The van der Waals surface area contributed by atoms with E-state index in [1.165, 1.54) is 0 Å². The van der Waals surface area contributed by atoms with E-state index in [9.17, 15) is 4.79 Å². The summed E-state index contributed by atoms with van der Waals surface area (Å²) in [7, 11) is 3.14. The lowest BCUT2D eigenvalue weighted by Crippen LogP contribution is -2.24. The molecule has 0 saturated carbocycles. The van der Waals surface area contributed by atoms with Gasteiger partial charge < -0.3 is 14.2 Å². The van der Waals surface area contributed by atoms with Crippen molar-refractivity contribution in [2.75, 3.05) is 27.4 Å². The quantitative estimate of drug-likeness (QED) is 0.797. The molecule has 1 aromatic rings. The Bertz CT molecular complexity index is 467. The molecule has 0 unspecified atom stereocenters. The Labute approximate surface area is 121 Å². The predicted octanol–water partition coefficient (Wildman–Crippen LogP) is 3.08. The molecule has 1 aliphatic heterocycles. The molecule has 1 fully saturated rings. The van der Waals surface area contributed by atoms with Crippen molar-refractivity contribution in [3.63, 3.8) is 0 Å². The number of halogens is 1. The van der Waals surface area contributed by atoms with Crippen molar-refractivity contribution >= 4 is 21.7 Å². The lowest BCUT2D eigenvalue weighted by molar-refractivity contribution is 0.0542. The van der Waals surface area contributed by atoms with Crippen LogP contribution < -0.4 is 9.47 Å². The minimum Gasteiger partial charge on any atom is -0.497 e. The molecule has 0 radical (unpaired) electrons. The third-order valence-electron chi connectivity index (χ3n) is 3.32. The second kappa shape index (κ2) is 6.39. The molecule has 104 valence electrons. The van der Waals surface area contributed by atoms with E-state index < -0.39 is 0 Å². The number of methoxy groups -OCH3 is 2. The van der Waals surface area contributed by atoms with E-state index in [1.54, 1.807) is 26.4 Å². The number of hydrogen-bond acceptors (Lipinski definition) is 4. The first-order chi connectivity index (χ1) is 9.17. The third kappa shape index (κ3) is 3.09. The van der Waals surface area contributed by atoms with Crippen molar-refractivity contribution in [1.29, 1.82) is 0 Å². The van der Waals surface area contributed by atoms with Crippen LogP contribution in [0.15, 0.2) is 16.6 Å². The summed E-state index contributed by atoms with van der Waals surface area (Å²) >= 11 is 3.43. The molecule has 19 heavy (non-hydrogen) atoms. The van der Waals surface area contributed by atoms with Gasteiger partial charge in [0.05, 0.1) is 19.8 Å².